The first-order valence-corrected chi connectivity index (χ1v) is 11.6. The highest BCUT2D eigenvalue weighted by Gasteiger charge is 2.31. The summed E-state index contributed by atoms with van der Waals surface area (Å²) in [7, 11) is 0. The number of hydrogen-bond acceptors (Lipinski definition) is 2. The molecule has 0 N–H and O–H groups in total. The fraction of sp³-hybridized carbons (Fsp3) is 0.875. The lowest BCUT2D eigenvalue weighted by atomic mass is 9.82. The fourth-order valence-electron chi connectivity index (χ4n) is 5.10. The zero-order valence-electron chi connectivity index (χ0n) is 17.7. The predicted molar refractivity (Wildman–Crippen MR) is 110 cm³/mol. The largest absolute Gasteiger partial charge is 0.459 e. The van der Waals surface area contributed by atoms with Gasteiger partial charge in [0.2, 0.25) is 0 Å². The lowest BCUT2D eigenvalue weighted by Gasteiger charge is -2.25. The summed E-state index contributed by atoms with van der Waals surface area (Å²) in [5, 5.41) is 0. The molecule has 2 heteroatoms. The molecule has 2 saturated carbocycles. The highest BCUT2D eigenvalue weighted by Crippen LogP contribution is 2.43. The molecule has 0 aromatic carbocycles. The van der Waals surface area contributed by atoms with Gasteiger partial charge in [-0.15, -0.1) is 0 Å². The van der Waals surface area contributed by atoms with E-state index < -0.39 is 0 Å². The second kappa shape index (κ2) is 11.8. The maximum atomic E-state index is 12.9. The minimum Gasteiger partial charge on any atom is -0.459 e. The maximum Gasteiger partial charge on any atom is 0.333 e. The van der Waals surface area contributed by atoms with Crippen molar-refractivity contribution < 1.29 is 9.53 Å². The zero-order chi connectivity index (χ0) is 18.8. The van der Waals surface area contributed by atoms with Crippen LogP contribution in [0.1, 0.15) is 117 Å². The van der Waals surface area contributed by atoms with E-state index >= 15 is 0 Å². The van der Waals surface area contributed by atoms with Crippen molar-refractivity contribution in [3.63, 3.8) is 0 Å². The van der Waals surface area contributed by atoms with Crippen molar-refractivity contribution in [2.45, 2.75) is 123 Å². The van der Waals surface area contributed by atoms with E-state index in [0.717, 1.165) is 18.4 Å². The summed E-state index contributed by atoms with van der Waals surface area (Å²) in [6.45, 7) is 6.46. The van der Waals surface area contributed by atoms with Crippen molar-refractivity contribution in [2.24, 2.45) is 11.8 Å². The topological polar surface area (TPSA) is 26.3 Å². The molecule has 0 aliphatic heterocycles. The normalized spacial score (nSPS) is 19.7. The maximum absolute atomic E-state index is 12.9. The second-order valence-electron chi connectivity index (χ2n) is 8.68. The van der Waals surface area contributed by atoms with E-state index in [0.29, 0.717) is 11.8 Å². The Morgan fingerprint density at radius 2 is 1.42 bits per heavy atom. The van der Waals surface area contributed by atoms with Gasteiger partial charge in [0, 0.05) is 5.57 Å². The van der Waals surface area contributed by atoms with E-state index in [1.807, 2.05) is 0 Å². The predicted octanol–water partition coefficient (Wildman–Crippen LogP) is 7.37. The molecule has 0 aromatic rings. The van der Waals surface area contributed by atoms with Gasteiger partial charge >= 0.3 is 5.97 Å². The molecule has 1 atom stereocenters. The highest BCUT2D eigenvalue weighted by molar-refractivity contribution is 5.89. The lowest BCUT2D eigenvalue weighted by Crippen LogP contribution is -2.21. The van der Waals surface area contributed by atoms with Crippen LogP contribution in [0.3, 0.4) is 0 Å². The summed E-state index contributed by atoms with van der Waals surface area (Å²) >= 11 is 0. The molecule has 0 saturated heterocycles. The molecular weight excluding hydrogens is 320 g/mol. The molecule has 1 unspecified atom stereocenters. The van der Waals surface area contributed by atoms with Crippen LogP contribution >= 0.6 is 0 Å². The van der Waals surface area contributed by atoms with Gasteiger partial charge in [0.25, 0.3) is 0 Å². The van der Waals surface area contributed by atoms with E-state index in [1.54, 1.807) is 0 Å². The van der Waals surface area contributed by atoms with Gasteiger partial charge in [-0.3, -0.25) is 0 Å². The Bertz CT molecular complexity index is 421. The van der Waals surface area contributed by atoms with E-state index in [1.165, 1.54) is 89.0 Å². The third-order valence-corrected chi connectivity index (χ3v) is 6.69. The Hall–Kier alpha value is -0.790. The van der Waals surface area contributed by atoms with E-state index in [-0.39, 0.29) is 12.1 Å². The second-order valence-corrected chi connectivity index (χ2v) is 8.68. The molecule has 0 bridgehead atoms. The minimum absolute atomic E-state index is 0.0146. The Morgan fingerprint density at radius 3 is 1.92 bits per heavy atom. The monoisotopic (exact) mass is 362 g/mol. The van der Waals surface area contributed by atoms with Gasteiger partial charge in [0.1, 0.15) is 6.10 Å². The number of hydrogen-bond donors (Lipinski definition) is 0. The fourth-order valence-corrected chi connectivity index (χ4v) is 5.10. The quantitative estimate of drug-likeness (QED) is 0.218. The van der Waals surface area contributed by atoms with Crippen LogP contribution in [-0.2, 0) is 9.53 Å². The van der Waals surface area contributed by atoms with Gasteiger partial charge in [0.15, 0.2) is 0 Å². The summed E-state index contributed by atoms with van der Waals surface area (Å²) in [6, 6.07) is 0. The van der Waals surface area contributed by atoms with Crippen molar-refractivity contribution in [2.75, 3.05) is 0 Å². The summed E-state index contributed by atoms with van der Waals surface area (Å²) in [5.41, 5.74) is 2.45. The van der Waals surface area contributed by atoms with Crippen molar-refractivity contribution in [1.29, 1.82) is 0 Å². The molecule has 0 radical (unpaired) electrons. The van der Waals surface area contributed by atoms with Crippen LogP contribution in [0.25, 0.3) is 0 Å². The summed E-state index contributed by atoms with van der Waals surface area (Å²) in [5.74, 6) is 1.29. The molecule has 26 heavy (non-hydrogen) atoms. The Kier molecular flexibility index (Phi) is 9.78. The number of rotatable bonds is 11. The van der Waals surface area contributed by atoms with Crippen LogP contribution in [0.2, 0.25) is 0 Å². The Labute approximate surface area is 162 Å². The van der Waals surface area contributed by atoms with E-state index in [9.17, 15) is 4.79 Å². The first kappa shape index (κ1) is 21.5. The van der Waals surface area contributed by atoms with E-state index in [2.05, 4.69) is 20.8 Å². The third-order valence-electron chi connectivity index (χ3n) is 6.69. The third kappa shape index (κ3) is 6.43. The van der Waals surface area contributed by atoms with Gasteiger partial charge < -0.3 is 4.74 Å². The first-order valence-electron chi connectivity index (χ1n) is 11.6. The van der Waals surface area contributed by atoms with Crippen LogP contribution in [0.15, 0.2) is 11.1 Å². The summed E-state index contributed by atoms with van der Waals surface area (Å²) in [4.78, 5) is 12.9. The molecule has 0 aromatic heterocycles. The van der Waals surface area contributed by atoms with Crippen molar-refractivity contribution in [3.8, 4) is 0 Å². The number of ether oxygens (including phenoxy) is 1. The number of carbonyl (C=O) groups is 1. The van der Waals surface area contributed by atoms with Crippen LogP contribution in [0.5, 0.6) is 0 Å². The molecule has 150 valence electrons. The Morgan fingerprint density at radius 1 is 0.885 bits per heavy atom. The van der Waals surface area contributed by atoms with E-state index in [4.69, 9.17) is 4.74 Å². The van der Waals surface area contributed by atoms with Crippen LogP contribution < -0.4 is 0 Å². The molecule has 0 amide bonds. The van der Waals surface area contributed by atoms with Crippen molar-refractivity contribution in [1.82, 2.24) is 0 Å². The highest BCUT2D eigenvalue weighted by atomic mass is 16.5. The number of esters is 1. The van der Waals surface area contributed by atoms with Gasteiger partial charge in [-0.1, -0.05) is 70.8 Å². The van der Waals surface area contributed by atoms with Gasteiger partial charge in [0.05, 0.1) is 0 Å². The average Bonchev–Trinajstić information content (AvgIpc) is 3.35. The number of allylic oxidation sites excluding steroid dienone is 1. The molecule has 2 nitrogen and oxygen atoms in total. The zero-order valence-corrected chi connectivity index (χ0v) is 17.7. The standard InChI is InChI=1S/C24H42O2/c1-4-6-7-8-9-18-22(5-2)26-24(25)19(3)23(20-14-10-11-15-20)21-16-12-13-17-21/h20-22H,4-18H2,1-3H3. The molecule has 2 aliphatic carbocycles. The van der Waals surface area contributed by atoms with Crippen molar-refractivity contribution in [3.05, 3.63) is 11.1 Å². The number of unbranched alkanes of at least 4 members (excludes halogenated alkanes) is 4. The Balaban J connectivity index is 1.95. The summed E-state index contributed by atoms with van der Waals surface area (Å²) < 4.78 is 5.97. The molecule has 2 aliphatic rings. The van der Waals surface area contributed by atoms with Crippen molar-refractivity contribution >= 4 is 5.97 Å². The first-order chi connectivity index (χ1) is 12.7. The SMILES string of the molecule is CCCCCCCC(CC)OC(=O)C(C)=C(C1CCCC1)C1CCCC1. The van der Waals surface area contributed by atoms with Crippen LogP contribution in [0, 0.1) is 11.8 Å². The number of carbonyl (C=O) groups excluding carboxylic acids is 1. The lowest BCUT2D eigenvalue weighted by molar-refractivity contribution is -0.144. The van der Waals surface area contributed by atoms with Gasteiger partial charge in [-0.25, -0.2) is 4.79 Å². The van der Waals surface area contributed by atoms with Crippen LogP contribution in [-0.4, -0.2) is 12.1 Å². The molecular formula is C24H42O2. The molecule has 2 rings (SSSR count). The van der Waals surface area contributed by atoms with Gasteiger partial charge in [-0.05, 0) is 63.7 Å². The molecule has 2 fully saturated rings. The molecule has 0 spiro atoms. The summed E-state index contributed by atoms with van der Waals surface area (Å²) in [6.07, 6.45) is 18.9. The molecule has 0 heterocycles. The minimum atomic E-state index is -0.0146. The average molecular weight is 363 g/mol. The van der Waals surface area contributed by atoms with Gasteiger partial charge in [-0.2, -0.15) is 0 Å². The smallest absolute Gasteiger partial charge is 0.333 e. The van der Waals surface area contributed by atoms with Crippen LogP contribution in [0.4, 0.5) is 0 Å².